The SMILES string of the molecule is C[C@@H](OC(=O)c1n[nH]c(=O)c2ccccc12)C(=O)NCC(=O)Nc1ccc(F)c(F)c1F. The molecule has 3 aromatic rings. The summed E-state index contributed by atoms with van der Waals surface area (Å²) in [7, 11) is 0. The monoisotopic (exact) mass is 448 g/mol. The van der Waals surface area contributed by atoms with Gasteiger partial charge in [0.1, 0.15) is 0 Å². The molecule has 1 heterocycles. The number of carbonyl (C=O) groups is 3. The van der Waals surface area contributed by atoms with Crippen molar-refractivity contribution >= 4 is 34.2 Å². The number of hydrogen-bond acceptors (Lipinski definition) is 6. The third-order valence-electron chi connectivity index (χ3n) is 4.27. The second-order valence-corrected chi connectivity index (χ2v) is 6.48. The number of ether oxygens (including phenoxy) is 1. The number of H-pyrrole nitrogens is 1. The highest BCUT2D eigenvalue weighted by Gasteiger charge is 2.23. The molecule has 0 aliphatic heterocycles. The summed E-state index contributed by atoms with van der Waals surface area (Å²) in [5.74, 6) is -7.56. The van der Waals surface area contributed by atoms with Gasteiger partial charge in [0.05, 0.1) is 17.6 Å². The third kappa shape index (κ3) is 4.74. The van der Waals surface area contributed by atoms with Crippen LogP contribution in [0.4, 0.5) is 18.9 Å². The Morgan fingerprint density at radius 1 is 1.06 bits per heavy atom. The molecule has 0 radical (unpaired) electrons. The molecule has 3 N–H and O–H groups in total. The highest BCUT2D eigenvalue weighted by atomic mass is 19.2. The van der Waals surface area contributed by atoms with Crippen LogP contribution in [-0.2, 0) is 14.3 Å². The molecule has 0 unspecified atom stereocenters. The van der Waals surface area contributed by atoms with E-state index in [9.17, 15) is 32.3 Å². The Hall–Kier alpha value is -4.22. The van der Waals surface area contributed by atoms with Crippen molar-refractivity contribution in [3.05, 3.63) is 69.9 Å². The van der Waals surface area contributed by atoms with Crippen molar-refractivity contribution < 1.29 is 32.3 Å². The smallest absolute Gasteiger partial charge is 0.360 e. The number of halogens is 3. The van der Waals surface area contributed by atoms with Crippen LogP contribution in [0.1, 0.15) is 17.4 Å². The molecule has 0 bridgehead atoms. The van der Waals surface area contributed by atoms with E-state index in [1.54, 1.807) is 12.1 Å². The van der Waals surface area contributed by atoms with Gasteiger partial charge in [0.2, 0.25) is 5.91 Å². The number of carbonyl (C=O) groups excluding carboxylic acids is 3. The predicted octanol–water partition coefficient (Wildman–Crippen LogP) is 1.64. The fourth-order valence-electron chi connectivity index (χ4n) is 2.67. The molecule has 9 nitrogen and oxygen atoms in total. The topological polar surface area (TPSA) is 130 Å². The van der Waals surface area contributed by atoms with Gasteiger partial charge in [-0.2, -0.15) is 5.10 Å². The highest BCUT2D eigenvalue weighted by molar-refractivity contribution is 6.03. The molecule has 3 rings (SSSR count). The van der Waals surface area contributed by atoms with Crippen molar-refractivity contribution in [1.29, 1.82) is 0 Å². The molecule has 166 valence electrons. The first kappa shape index (κ1) is 22.5. The number of amides is 2. The zero-order chi connectivity index (χ0) is 23.4. The number of nitrogens with zero attached hydrogens (tertiary/aromatic N) is 1. The molecule has 0 saturated carbocycles. The lowest BCUT2D eigenvalue weighted by molar-refractivity contribution is -0.130. The minimum atomic E-state index is -1.75. The molecule has 2 aromatic carbocycles. The molecule has 1 aromatic heterocycles. The van der Waals surface area contributed by atoms with Gasteiger partial charge < -0.3 is 15.4 Å². The minimum absolute atomic E-state index is 0.202. The molecular formula is C20H15F3N4O5. The van der Waals surface area contributed by atoms with Crippen molar-refractivity contribution in [3.8, 4) is 0 Å². The van der Waals surface area contributed by atoms with Crippen molar-refractivity contribution in [3.63, 3.8) is 0 Å². The number of esters is 1. The van der Waals surface area contributed by atoms with Crippen LogP contribution in [0.2, 0.25) is 0 Å². The van der Waals surface area contributed by atoms with Gasteiger partial charge in [-0.25, -0.2) is 23.1 Å². The van der Waals surface area contributed by atoms with Gasteiger partial charge >= 0.3 is 5.97 Å². The van der Waals surface area contributed by atoms with Crippen LogP contribution < -0.4 is 16.2 Å². The number of anilines is 1. The van der Waals surface area contributed by atoms with E-state index in [4.69, 9.17) is 4.74 Å². The second-order valence-electron chi connectivity index (χ2n) is 6.48. The van der Waals surface area contributed by atoms with E-state index >= 15 is 0 Å². The van der Waals surface area contributed by atoms with E-state index < -0.39 is 59.1 Å². The van der Waals surface area contributed by atoms with E-state index in [1.165, 1.54) is 19.1 Å². The molecular weight excluding hydrogens is 433 g/mol. The van der Waals surface area contributed by atoms with Gasteiger partial charge in [0.25, 0.3) is 11.5 Å². The van der Waals surface area contributed by atoms with Crippen LogP contribution in [0.5, 0.6) is 0 Å². The Labute approximate surface area is 177 Å². The van der Waals surface area contributed by atoms with Crippen molar-refractivity contribution in [2.75, 3.05) is 11.9 Å². The quantitative estimate of drug-likeness (QED) is 0.388. The van der Waals surface area contributed by atoms with Crippen LogP contribution in [-0.4, -0.2) is 40.6 Å². The summed E-state index contributed by atoms with van der Waals surface area (Å²) in [6.45, 7) is 0.563. The van der Waals surface area contributed by atoms with Crippen LogP contribution in [0.3, 0.4) is 0 Å². The fraction of sp³-hybridized carbons (Fsp3) is 0.150. The van der Waals surface area contributed by atoms with Crippen LogP contribution in [0.25, 0.3) is 10.8 Å². The molecule has 0 spiro atoms. The van der Waals surface area contributed by atoms with Crippen molar-refractivity contribution in [2.24, 2.45) is 0 Å². The standard InChI is InChI=1S/C20H15F3N4O5/c1-9(32-20(31)17-10-4-2-3-5-11(10)19(30)27-26-17)18(29)24-8-14(28)25-13-7-6-12(21)15(22)16(13)23/h2-7,9H,8H2,1H3,(H,24,29)(H,25,28)(H,27,30)/t9-/m1/s1. The Bertz CT molecular complexity index is 1280. The molecule has 12 heteroatoms. The van der Waals surface area contributed by atoms with Gasteiger partial charge in [0.15, 0.2) is 29.2 Å². The Morgan fingerprint density at radius 3 is 2.47 bits per heavy atom. The van der Waals surface area contributed by atoms with Crippen LogP contribution >= 0.6 is 0 Å². The number of benzene rings is 2. The van der Waals surface area contributed by atoms with Crippen LogP contribution in [0.15, 0.2) is 41.2 Å². The largest absolute Gasteiger partial charge is 0.448 e. The van der Waals surface area contributed by atoms with Gasteiger partial charge in [-0.1, -0.05) is 18.2 Å². The molecule has 1 atom stereocenters. The first-order valence-corrected chi connectivity index (χ1v) is 9.08. The maximum atomic E-state index is 13.6. The second kappa shape index (κ2) is 9.29. The predicted molar refractivity (Wildman–Crippen MR) is 105 cm³/mol. The summed E-state index contributed by atoms with van der Waals surface area (Å²) >= 11 is 0. The van der Waals surface area contributed by atoms with Crippen molar-refractivity contribution in [1.82, 2.24) is 15.5 Å². The van der Waals surface area contributed by atoms with Crippen LogP contribution in [0, 0.1) is 17.5 Å². The zero-order valence-electron chi connectivity index (χ0n) is 16.4. The summed E-state index contributed by atoms with van der Waals surface area (Å²) in [5, 5.41) is 10.4. The maximum absolute atomic E-state index is 13.6. The van der Waals surface area contributed by atoms with E-state index in [-0.39, 0.29) is 16.5 Å². The average molecular weight is 448 g/mol. The number of rotatable bonds is 6. The lowest BCUT2D eigenvalue weighted by Crippen LogP contribution is -2.40. The van der Waals surface area contributed by atoms with Crippen molar-refractivity contribution in [2.45, 2.75) is 13.0 Å². The van der Waals surface area contributed by atoms with Gasteiger partial charge in [-0.3, -0.25) is 14.4 Å². The summed E-state index contributed by atoms with van der Waals surface area (Å²) in [6.07, 6.45) is -1.36. The Morgan fingerprint density at radius 2 is 1.75 bits per heavy atom. The summed E-state index contributed by atoms with van der Waals surface area (Å²) in [6, 6.07) is 7.60. The summed E-state index contributed by atoms with van der Waals surface area (Å²) in [5.41, 5.74) is -1.34. The summed E-state index contributed by atoms with van der Waals surface area (Å²) < 4.78 is 44.7. The molecule has 0 aliphatic rings. The lowest BCUT2D eigenvalue weighted by atomic mass is 10.1. The number of hydrogen-bond donors (Lipinski definition) is 3. The number of fused-ring (bicyclic) bond motifs is 1. The third-order valence-corrected chi connectivity index (χ3v) is 4.27. The van der Waals surface area contributed by atoms with Gasteiger partial charge in [-0.15, -0.1) is 0 Å². The zero-order valence-corrected chi connectivity index (χ0v) is 16.4. The van der Waals surface area contributed by atoms with E-state index in [2.05, 4.69) is 15.5 Å². The molecule has 2 amide bonds. The molecule has 0 fully saturated rings. The first-order valence-electron chi connectivity index (χ1n) is 9.08. The number of nitrogens with one attached hydrogen (secondary N) is 3. The molecule has 0 aliphatic carbocycles. The molecule has 32 heavy (non-hydrogen) atoms. The normalized spacial score (nSPS) is 11.6. The lowest BCUT2D eigenvalue weighted by Gasteiger charge is -2.14. The van der Waals surface area contributed by atoms with E-state index in [0.717, 1.165) is 6.07 Å². The average Bonchev–Trinajstić information content (AvgIpc) is 2.78. The van der Waals surface area contributed by atoms with E-state index in [0.29, 0.717) is 6.07 Å². The van der Waals surface area contributed by atoms with Gasteiger partial charge in [0, 0.05) is 5.39 Å². The fourth-order valence-corrected chi connectivity index (χ4v) is 2.67. The molecule has 0 saturated heterocycles. The summed E-state index contributed by atoms with van der Waals surface area (Å²) in [4.78, 5) is 48.1. The van der Waals surface area contributed by atoms with Gasteiger partial charge in [-0.05, 0) is 25.1 Å². The Kier molecular flexibility index (Phi) is 6.52. The number of aromatic nitrogens is 2. The first-order chi connectivity index (χ1) is 15.2. The van der Waals surface area contributed by atoms with E-state index in [1.807, 2.05) is 5.32 Å². The Balaban J connectivity index is 1.59. The maximum Gasteiger partial charge on any atom is 0.360 e. The highest BCUT2D eigenvalue weighted by Crippen LogP contribution is 2.19. The number of aromatic amines is 1. The minimum Gasteiger partial charge on any atom is -0.448 e.